The summed E-state index contributed by atoms with van der Waals surface area (Å²) in [5.74, 6) is 6.23. The highest BCUT2D eigenvalue weighted by Gasteiger charge is 2.17. The van der Waals surface area contributed by atoms with Gasteiger partial charge in [0.2, 0.25) is 0 Å². The van der Waals surface area contributed by atoms with Crippen molar-refractivity contribution in [2.75, 3.05) is 0 Å². The molecule has 0 unspecified atom stereocenters. The number of carbonyl (C=O) groups excluding carboxylic acids is 1. The van der Waals surface area contributed by atoms with Crippen molar-refractivity contribution >= 4 is 5.78 Å². The zero-order valence-corrected chi connectivity index (χ0v) is 10.4. The molecule has 0 N–H and O–H groups in total. The van der Waals surface area contributed by atoms with Gasteiger partial charge in [0.05, 0.1) is 5.69 Å². The average molecular weight is 248 g/mol. The number of rotatable bonds is 0. The summed E-state index contributed by atoms with van der Waals surface area (Å²) in [6.07, 6.45) is 5.82. The molecular formula is C16H12N2O. The fraction of sp³-hybridized carbons (Fsp3) is 0.188. The summed E-state index contributed by atoms with van der Waals surface area (Å²) in [7, 11) is 0. The Morgan fingerprint density at radius 3 is 2.89 bits per heavy atom. The Hall–Kier alpha value is -2.47. The number of ketones is 1. The first-order chi connectivity index (χ1) is 9.33. The number of pyridine rings is 2. The lowest BCUT2D eigenvalue weighted by molar-refractivity contribution is 0.0971. The van der Waals surface area contributed by atoms with Gasteiger partial charge in [-0.1, -0.05) is 5.92 Å². The Morgan fingerprint density at radius 2 is 2.05 bits per heavy atom. The largest absolute Gasteiger partial charge is 0.294 e. The number of carbonyl (C=O) groups is 1. The van der Waals surface area contributed by atoms with Crippen LogP contribution in [0.5, 0.6) is 0 Å². The van der Waals surface area contributed by atoms with Crippen molar-refractivity contribution in [2.24, 2.45) is 0 Å². The maximum atomic E-state index is 11.7. The Balaban J connectivity index is 1.91. The molecule has 0 aliphatic heterocycles. The molecule has 3 heteroatoms. The quantitative estimate of drug-likeness (QED) is 0.672. The molecule has 0 radical (unpaired) electrons. The lowest BCUT2D eigenvalue weighted by Crippen LogP contribution is -2.12. The molecule has 0 spiro atoms. The van der Waals surface area contributed by atoms with Crippen LogP contribution >= 0.6 is 0 Å². The number of Topliss-reactive ketones (excluding diaryl/α,β-unsaturated/α-hetero) is 1. The summed E-state index contributed by atoms with van der Waals surface area (Å²) in [6.45, 7) is 0. The predicted molar refractivity (Wildman–Crippen MR) is 71.7 cm³/mol. The van der Waals surface area contributed by atoms with Crippen LogP contribution in [0, 0.1) is 11.8 Å². The monoisotopic (exact) mass is 248 g/mol. The molecule has 0 amide bonds. The van der Waals surface area contributed by atoms with Crippen molar-refractivity contribution in [3.63, 3.8) is 0 Å². The Labute approximate surface area is 111 Å². The fourth-order valence-electron chi connectivity index (χ4n) is 2.14. The number of nitrogens with zero attached hydrogens (tertiary/aromatic N) is 2. The smallest absolute Gasteiger partial charge is 0.164 e. The second kappa shape index (κ2) is 5.03. The summed E-state index contributed by atoms with van der Waals surface area (Å²) < 4.78 is 0. The third-order valence-corrected chi connectivity index (χ3v) is 3.09. The van der Waals surface area contributed by atoms with E-state index in [9.17, 15) is 4.79 Å². The van der Waals surface area contributed by atoms with Crippen molar-refractivity contribution < 1.29 is 4.79 Å². The number of fused-ring (bicyclic) bond motifs is 1. The van der Waals surface area contributed by atoms with Gasteiger partial charge in [0.1, 0.15) is 5.69 Å². The van der Waals surface area contributed by atoms with Crippen molar-refractivity contribution in [1.29, 1.82) is 0 Å². The SMILES string of the molecule is O=C1CCCc2nc(C#Cc3cccnc3)ccc21. The van der Waals surface area contributed by atoms with Crippen molar-refractivity contribution in [3.8, 4) is 11.8 Å². The van der Waals surface area contributed by atoms with E-state index < -0.39 is 0 Å². The molecule has 3 nitrogen and oxygen atoms in total. The maximum absolute atomic E-state index is 11.7. The minimum Gasteiger partial charge on any atom is -0.294 e. The number of hydrogen-bond donors (Lipinski definition) is 0. The van der Waals surface area contributed by atoms with E-state index in [2.05, 4.69) is 21.8 Å². The van der Waals surface area contributed by atoms with E-state index in [1.807, 2.05) is 24.3 Å². The molecule has 0 saturated carbocycles. The lowest BCUT2D eigenvalue weighted by atomic mass is 9.94. The highest BCUT2D eigenvalue weighted by molar-refractivity contribution is 5.98. The van der Waals surface area contributed by atoms with E-state index >= 15 is 0 Å². The van der Waals surface area contributed by atoms with E-state index in [-0.39, 0.29) is 5.78 Å². The molecule has 1 aliphatic rings. The molecule has 2 aromatic rings. The van der Waals surface area contributed by atoms with Gasteiger partial charge in [0, 0.05) is 29.9 Å². The molecule has 2 aromatic heterocycles. The zero-order valence-electron chi connectivity index (χ0n) is 10.4. The molecule has 0 bridgehead atoms. The van der Waals surface area contributed by atoms with Crippen LogP contribution in [-0.2, 0) is 6.42 Å². The van der Waals surface area contributed by atoms with Gasteiger partial charge >= 0.3 is 0 Å². The van der Waals surface area contributed by atoms with Crippen LogP contribution in [-0.4, -0.2) is 15.8 Å². The van der Waals surface area contributed by atoms with Crippen molar-refractivity contribution in [2.45, 2.75) is 19.3 Å². The molecule has 0 atom stereocenters. The first kappa shape index (κ1) is 11.6. The molecule has 3 rings (SSSR count). The van der Waals surface area contributed by atoms with Crippen LogP contribution in [0.2, 0.25) is 0 Å². The van der Waals surface area contributed by atoms with Crippen LogP contribution in [0.15, 0.2) is 36.7 Å². The molecule has 0 saturated heterocycles. The van der Waals surface area contributed by atoms with Crippen LogP contribution < -0.4 is 0 Å². The first-order valence-corrected chi connectivity index (χ1v) is 6.28. The zero-order chi connectivity index (χ0) is 13.1. The lowest BCUT2D eigenvalue weighted by Gasteiger charge is -2.12. The van der Waals surface area contributed by atoms with E-state index in [0.29, 0.717) is 12.1 Å². The van der Waals surface area contributed by atoms with Gasteiger partial charge in [-0.15, -0.1) is 0 Å². The van der Waals surface area contributed by atoms with Gasteiger partial charge in [0.25, 0.3) is 0 Å². The molecular weight excluding hydrogens is 236 g/mol. The number of aryl methyl sites for hydroxylation is 1. The second-order valence-corrected chi connectivity index (χ2v) is 4.46. The minimum absolute atomic E-state index is 0.195. The third-order valence-electron chi connectivity index (χ3n) is 3.09. The average Bonchev–Trinajstić information content (AvgIpc) is 2.46. The number of hydrogen-bond acceptors (Lipinski definition) is 3. The minimum atomic E-state index is 0.195. The van der Waals surface area contributed by atoms with Crippen LogP contribution in [0.1, 0.15) is 40.2 Å². The molecule has 2 heterocycles. The molecule has 0 aromatic carbocycles. The van der Waals surface area contributed by atoms with Crippen molar-refractivity contribution in [1.82, 2.24) is 9.97 Å². The number of aromatic nitrogens is 2. The summed E-state index contributed by atoms with van der Waals surface area (Å²) in [5.41, 5.74) is 3.21. The highest BCUT2D eigenvalue weighted by Crippen LogP contribution is 2.19. The second-order valence-electron chi connectivity index (χ2n) is 4.46. The van der Waals surface area contributed by atoms with Gasteiger partial charge in [-0.2, -0.15) is 0 Å². The Kier molecular flexibility index (Phi) is 3.07. The van der Waals surface area contributed by atoms with Crippen LogP contribution in [0.25, 0.3) is 0 Å². The molecule has 92 valence electrons. The normalized spacial score (nSPS) is 13.4. The highest BCUT2D eigenvalue weighted by atomic mass is 16.1. The van der Waals surface area contributed by atoms with Gasteiger partial charge in [-0.25, -0.2) is 4.98 Å². The van der Waals surface area contributed by atoms with Crippen LogP contribution in [0.4, 0.5) is 0 Å². The standard InChI is InChI=1S/C16H12N2O/c19-16-5-1-4-15-14(16)9-8-13(18-15)7-6-12-3-2-10-17-11-12/h2-3,8-11H,1,4-5H2. The summed E-state index contributed by atoms with van der Waals surface area (Å²) in [4.78, 5) is 20.2. The summed E-state index contributed by atoms with van der Waals surface area (Å²) in [5, 5.41) is 0. The molecule has 1 aliphatic carbocycles. The Morgan fingerprint density at radius 1 is 1.11 bits per heavy atom. The van der Waals surface area contributed by atoms with E-state index in [1.165, 1.54) is 0 Å². The van der Waals surface area contributed by atoms with E-state index in [0.717, 1.165) is 29.7 Å². The van der Waals surface area contributed by atoms with Gasteiger partial charge < -0.3 is 0 Å². The first-order valence-electron chi connectivity index (χ1n) is 6.28. The maximum Gasteiger partial charge on any atom is 0.164 e. The van der Waals surface area contributed by atoms with Crippen molar-refractivity contribution in [3.05, 3.63) is 59.2 Å². The summed E-state index contributed by atoms with van der Waals surface area (Å²) >= 11 is 0. The third kappa shape index (κ3) is 2.53. The summed E-state index contributed by atoms with van der Waals surface area (Å²) in [6, 6.07) is 7.41. The Bertz CT molecular complexity index is 681. The van der Waals surface area contributed by atoms with Gasteiger partial charge in [-0.3, -0.25) is 9.78 Å². The van der Waals surface area contributed by atoms with Gasteiger partial charge in [0.15, 0.2) is 5.78 Å². The van der Waals surface area contributed by atoms with Crippen LogP contribution in [0.3, 0.4) is 0 Å². The predicted octanol–water partition coefficient (Wildman–Crippen LogP) is 2.40. The topological polar surface area (TPSA) is 42.9 Å². The fourth-order valence-corrected chi connectivity index (χ4v) is 2.14. The molecule has 19 heavy (non-hydrogen) atoms. The van der Waals surface area contributed by atoms with E-state index in [4.69, 9.17) is 0 Å². The van der Waals surface area contributed by atoms with E-state index in [1.54, 1.807) is 12.4 Å². The molecule has 0 fully saturated rings. The van der Waals surface area contributed by atoms with Gasteiger partial charge in [-0.05, 0) is 43.0 Å².